The molecule has 1 heterocycles. The van der Waals surface area contributed by atoms with Crippen molar-refractivity contribution >= 4 is 65.2 Å². The zero-order chi connectivity index (χ0) is 46.4. The maximum Gasteiger partial charge on any atom is 0.288 e. The third-order valence-corrected chi connectivity index (χ3v) is 11.8. The van der Waals surface area contributed by atoms with Crippen molar-refractivity contribution in [2.24, 2.45) is 0 Å². The Morgan fingerprint density at radius 1 is 0.500 bits per heavy atom. The molecule has 1 saturated heterocycles. The van der Waals surface area contributed by atoms with E-state index in [1.165, 1.54) is 87.6 Å². The predicted octanol–water partition coefficient (Wildman–Crippen LogP) is 16.1. The van der Waals surface area contributed by atoms with Gasteiger partial charge in [-0.2, -0.15) is 71.8 Å². The summed E-state index contributed by atoms with van der Waals surface area (Å²) in [5, 5.41) is 17.3. The van der Waals surface area contributed by atoms with Crippen molar-refractivity contribution in [1.82, 2.24) is 15.0 Å². The molecule has 1 aliphatic heterocycles. The molecular weight excluding hydrogens is 1270 g/mol. The Morgan fingerprint density at radius 3 is 1.28 bits per heavy atom. The van der Waals surface area contributed by atoms with Gasteiger partial charge in [0, 0.05) is 373 Å². The quantitative estimate of drug-likeness (QED) is 0.0987. The average molecular weight is 1350 g/mol. The molecule has 0 atom stereocenters. The SMILES string of the molecule is C.C.CC.CC.CC.CC.CCc1cccc2c1cc(C)c1c(C(C)(C)N3[B]N[B]NB3C)[c-]ccc12.CCc1cccc2c1cc(C)c1c(C(C)(C)c3[c-]cccc3C)[c-]ccc12.[Ar].[Ar].[Ar].[Ar].[Ar].[Ar].[Ar].[Ar].[Y].[Y]. The fraction of sp³-hybridized carbons (Fsp3) is 0.414. The van der Waals surface area contributed by atoms with Gasteiger partial charge in [-0.1, -0.05) is 185 Å². The van der Waals surface area contributed by atoms with Crippen LogP contribution in [0.15, 0.2) is 91.0 Å². The van der Waals surface area contributed by atoms with E-state index in [4.69, 9.17) is 0 Å². The van der Waals surface area contributed by atoms with Gasteiger partial charge in [0.1, 0.15) is 0 Å². The van der Waals surface area contributed by atoms with Crippen LogP contribution in [0, 0.1) is 341 Å². The van der Waals surface area contributed by atoms with E-state index in [1.54, 1.807) is 0 Å². The Balaban J connectivity index is -0.000000107. The Labute approximate surface area is 747 Å². The molecule has 4 radical (unpaired) electrons. The summed E-state index contributed by atoms with van der Waals surface area (Å²) >= 11 is 0. The molecule has 412 valence electrons. The first-order chi connectivity index (χ1) is 29.9. The number of hydrogen-bond acceptors (Lipinski definition) is 3. The number of benzene rings is 7. The smallest absolute Gasteiger partial charge is 0.288 e. The number of rotatable bonds is 6. The second-order valence-corrected chi connectivity index (χ2v) is 16.0. The Kier molecular flexibility index (Phi) is 75.6. The molecular formula is C58H83Ar8B3N3Y2-3. The predicted molar refractivity (Wildman–Crippen MR) is 294 cm³/mol. The van der Waals surface area contributed by atoms with E-state index >= 15 is 0 Å². The first-order valence-electron chi connectivity index (χ1n) is 23.6. The molecule has 74 heavy (non-hydrogen) atoms. The van der Waals surface area contributed by atoms with Crippen LogP contribution >= 0.6 is 0 Å². The van der Waals surface area contributed by atoms with Crippen LogP contribution < -0.4 is 10.3 Å². The molecule has 8 rings (SSSR count). The normalized spacial score (nSPS) is 10.5. The number of hydrogen-bond donors (Lipinski definition) is 2. The summed E-state index contributed by atoms with van der Waals surface area (Å²) in [6.07, 6.45) is 2.10. The molecule has 0 aliphatic carbocycles. The van der Waals surface area contributed by atoms with Gasteiger partial charge in [0.2, 0.25) is 0 Å². The van der Waals surface area contributed by atoms with E-state index < -0.39 is 0 Å². The van der Waals surface area contributed by atoms with Crippen LogP contribution in [0.2, 0.25) is 6.82 Å². The topological polar surface area (TPSA) is 27.3 Å². The van der Waals surface area contributed by atoms with Crippen LogP contribution in [0.25, 0.3) is 43.1 Å². The summed E-state index contributed by atoms with van der Waals surface area (Å²) in [4.78, 5) is 0. The summed E-state index contributed by atoms with van der Waals surface area (Å²) < 4.78 is 2.32. The molecule has 0 aromatic heterocycles. The molecule has 0 spiro atoms. The van der Waals surface area contributed by atoms with Crippen LogP contribution in [-0.2, 0) is 89.2 Å². The third-order valence-electron chi connectivity index (χ3n) is 11.8. The summed E-state index contributed by atoms with van der Waals surface area (Å²) in [6.45, 7) is 38.6. The minimum Gasteiger partial charge on any atom is -0.379 e. The van der Waals surface area contributed by atoms with E-state index in [1.807, 2.05) is 69.0 Å². The van der Waals surface area contributed by atoms with Crippen molar-refractivity contribution in [1.29, 1.82) is 0 Å². The first kappa shape index (κ1) is 104. The number of fused-ring (bicyclic) bond motifs is 6. The molecule has 0 unspecified atom stereocenters. The minimum atomic E-state index is -0.214. The van der Waals surface area contributed by atoms with Gasteiger partial charge >= 0.3 is 0 Å². The molecule has 0 amide bonds. The van der Waals surface area contributed by atoms with Crippen molar-refractivity contribution in [3.63, 3.8) is 0 Å². The van der Waals surface area contributed by atoms with E-state index in [0.29, 0.717) is 0 Å². The second kappa shape index (κ2) is 53.9. The Hall–Kier alpha value is 7.94. The monoisotopic (exact) mass is 1350 g/mol. The van der Waals surface area contributed by atoms with Gasteiger partial charge in [-0.3, -0.25) is 0 Å². The average Bonchev–Trinajstić information content (AvgIpc) is 3.31. The standard InChI is InChI=1S/C27H26.C21H25B3N3.4C2H6.2CH4.8Ar.2Y/c1-6-20-12-9-13-21-22-14-10-16-25(26(22)19(3)17-23(20)21)27(4,5)24-15-8-7-11-18(24)2;1-6-15-9-7-10-16-17-11-8-12-19(20(17)14(2)13-18(15)16)21(3,4)27-23-25-22-26-24(27)5;4*1-2;;;;;;;;;;;;/h7-14,17H,6H2,1-5H3;7-11,13,25-26H,6H2,1-5H3;4*1-2H3;2*1H4;;;;;;;;;;/q-2;-1;;;;;;;;;;;;;;;;. The second-order valence-electron chi connectivity index (χ2n) is 16.0. The summed E-state index contributed by atoms with van der Waals surface area (Å²) in [7, 11) is 3.94. The van der Waals surface area contributed by atoms with Crippen molar-refractivity contribution in [2.45, 2.75) is 163 Å². The Bertz CT molecular complexity index is 2550. The molecule has 16 heteroatoms. The molecule has 3 nitrogen and oxygen atoms in total. The summed E-state index contributed by atoms with van der Waals surface area (Å²) in [5.41, 5.74) is 10.1. The molecule has 0 bridgehead atoms. The van der Waals surface area contributed by atoms with Crippen molar-refractivity contribution in [2.75, 3.05) is 0 Å². The van der Waals surface area contributed by atoms with Gasteiger partial charge < -0.3 is 15.0 Å². The van der Waals surface area contributed by atoms with Gasteiger partial charge in [-0.05, 0) is 64.8 Å². The van der Waals surface area contributed by atoms with Crippen molar-refractivity contribution in [3.05, 3.63) is 154 Å². The molecule has 7 aromatic rings. The molecule has 1 fully saturated rings. The van der Waals surface area contributed by atoms with Gasteiger partial charge in [0.15, 0.2) is 0 Å². The van der Waals surface area contributed by atoms with Crippen LogP contribution in [0.5, 0.6) is 0 Å². The van der Waals surface area contributed by atoms with Crippen molar-refractivity contribution in [3.8, 4) is 0 Å². The van der Waals surface area contributed by atoms with Gasteiger partial charge in [0.25, 0.3) is 22.1 Å². The fourth-order valence-corrected chi connectivity index (χ4v) is 9.04. The van der Waals surface area contributed by atoms with E-state index in [9.17, 15) is 0 Å². The van der Waals surface area contributed by atoms with Gasteiger partial charge in [-0.15, -0.1) is 32.7 Å². The maximum absolute atomic E-state index is 3.59. The third kappa shape index (κ3) is 26.2. The van der Waals surface area contributed by atoms with E-state index in [0.717, 1.165) is 12.8 Å². The fourth-order valence-electron chi connectivity index (χ4n) is 9.04. The minimum absolute atomic E-state index is 0. The van der Waals surface area contributed by atoms with E-state index in [2.05, 4.69) is 195 Å². The first-order valence-corrected chi connectivity index (χ1v) is 23.6. The van der Waals surface area contributed by atoms with Crippen LogP contribution in [0.4, 0.5) is 0 Å². The summed E-state index contributed by atoms with van der Waals surface area (Å²) in [5.74, 6) is 0. The van der Waals surface area contributed by atoms with Crippen LogP contribution in [-0.4, -0.2) is 26.8 Å². The zero-order valence-corrected chi connectivity index (χ0v) is 57.1. The van der Waals surface area contributed by atoms with Crippen molar-refractivity contribution < 1.29 is 367 Å². The Morgan fingerprint density at radius 2 is 0.892 bits per heavy atom. The molecule has 7 aromatic carbocycles. The number of nitrogens with zero attached hydrogens (tertiary/aromatic N) is 1. The maximum atomic E-state index is 3.59. The largest absolute Gasteiger partial charge is 0.379 e. The van der Waals surface area contributed by atoms with Gasteiger partial charge in [0.05, 0.1) is 0 Å². The van der Waals surface area contributed by atoms with E-state index in [-0.39, 0.29) is 400 Å². The van der Waals surface area contributed by atoms with Gasteiger partial charge in [-0.25, -0.2) is 0 Å². The van der Waals surface area contributed by atoms with Crippen LogP contribution in [0.3, 0.4) is 0 Å². The molecule has 0 saturated carbocycles. The molecule has 1 aliphatic rings. The number of aryl methyl sites for hydroxylation is 5. The number of nitrogens with one attached hydrogen (secondary N) is 2. The van der Waals surface area contributed by atoms with Crippen LogP contribution in [0.1, 0.15) is 156 Å². The molecule has 2 N–H and O–H groups in total. The summed E-state index contributed by atoms with van der Waals surface area (Å²) in [6, 6.07) is 43.6. The zero-order valence-electron chi connectivity index (χ0n) is 45.7.